The van der Waals surface area contributed by atoms with Crippen LogP contribution in [0.3, 0.4) is 0 Å². The Hall–Kier alpha value is -2.43. The van der Waals surface area contributed by atoms with Crippen molar-refractivity contribution < 1.29 is 9.90 Å². The van der Waals surface area contributed by atoms with Gasteiger partial charge in [0.1, 0.15) is 0 Å². The van der Waals surface area contributed by atoms with Crippen molar-refractivity contribution in [2.75, 3.05) is 0 Å². The molecule has 0 aliphatic heterocycles. The summed E-state index contributed by atoms with van der Waals surface area (Å²) in [6.07, 6.45) is 0.410. The highest BCUT2D eigenvalue weighted by Crippen LogP contribution is 2.16. The molecule has 0 spiro atoms. The van der Waals surface area contributed by atoms with Crippen LogP contribution in [0.15, 0.2) is 35.1 Å². The molecule has 2 rings (SSSR count). The lowest BCUT2D eigenvalue weighted by Crippen LogP contribution is -2.21. The van der Waals surface area contributed by atoms with E-state index in [0.717, 1.165) is 16.3 Å². The molecule has 1 aromatic carbocycles. The molecule has 0 saturated heterocycles. The zero-order valence-electron chi connectivity index (χ0n) is 10.7. The first kappa shape index (κ1) is 13.0. The van der Waals surface area contributed by atoms with Gasteiger partial charge >= 0.3 is 0 Å². The number of rotatable bonds is 3. The maximum absolute atomic E-state index is 11.8. The second-order valence-corrected chi connectivity index (χ2v) is 4.53. The van der Waals surface area contributed by atoms with Gasteiger partial charge in [-0.05, 0) is 23.6 Å². The van der Waals surface area contributed by atoms with Crippen LogP contribution >= 0.6 is 0 Å². The predicted molar refractivity (Wildman–Crippen MR) is 71.0 cm³/mol. The fourth-order valence-corrected chi connectivity index (χ4v) is 1.73. The van der Waals surface area contributed by atoms with E-state index in [1.54, 1.807) is 12.1 Å². The van der Waals surface area contributed by atoms with E-state index in [4.69, 9.17) is 0 Å². The van der Waals surface area contributed by atoms with Gasteiger partial charge in [-0.15, -0.1) is 0 Å². The van der Waals surface area contributed by atoms with E-state index in [2.05, 4.69) is 18.9 Å². The third-order valence-corrected chi connectivity index (χ3v) is 2.86. The van der Waals surface area contributed by atoms with Gasteiger partial charge < -0.3 is 5.11 Å². The molecular formula is C14H14N2O3. The van der Waals surface area contributed by atoms with Crippen LogP contribution in [-0.2, 0) is 0 Å². The molecule has 5 nitrogen and oxygen atoms in total. The summed E-state index contributed by atoms with van der Waals surface area (Å²) in [5.74, 6) is -0.0147. The van der Waals surface area contributed by atoms with E-state index in [-0.39, 0.29) is 5.69 Å². The second-order valence-electron chi connectivity index (χ2n) is 4.53. The number of benzene rings is 1. The molecule has 2 aromatic rings. The summed E-state index contributed by atoms with van der Waals surface area (Å²) < 4.78 is 1.09. The highest BCUT2D eigenvalue weighted by Gasteiger charge is 2.09. The van der Waals surface area contributed by atoms with Crippen LogP contribution in [0.4, 0.5) is 0 Å². The summed E-state index contributed by atoms with van der Waals surface area (Å²) in [7, 11) is 0. The smallest absolute Gasteiger partial charge is 0.275 e. The van der Waals surface area contributed by atoms with Crippen LogP contribution in [-0.4, -0.2) is 21.2 Å². The third kappa shape index (κ3) is 2.54. The number of hydrogen-bond acceptors (Lipinski definition) is 4. The monoisotopic (exact) mass is 258 g/mol. The Morgan fingerprint density at radius 2 is 1.89 bits per heavy atom. The third-order valence-electron chi connectivity index (χ3n) is 2.86. The van der Waals surface area contributed by atoms with E-state index in [1.165, 1.54) is 0 Å². The number of aldehydes is 1. The van der Waals surface area contributed by atoms with Crippen molar-refractivity contribution in [2.45, 2.75) is 19.8 Å². The van der Waals surface area contributed by atoms with Crippen LogP contribution < -0.4 is 5.56 Å². The van der Waals surface area contributed by atoms with E-state index in [1.807, 2.05) is 12.1 Å². The fourth-order valence-electron chi connectivity index (χ4n) is 1.73. The van der Waals surface area contributed by atoms with Crippen LogP contribution in [0.1, 0.15) is 35.8 Å². The Morgan fingerprint density at radius 3 is 2.42 bits per heavy atom. The molecule has 0 bridgehead atoms. The van der Waals surface area contributed by atoms with Crippen LogP contribution in [0.25, 0.3) is 5.69 Å². The predicted octanol–water partition coefficient (Wildman–Crippen LogP) is 1.87. The summed E-state index contributed by atoms with van der Waals surface area (Å²) in [5.41, 5.74) is 1.05. The van der Waals surface area contributed by atoms with Gasteiger partial charge in [-0.25, -0.2) is 0 Å². The van der Waals surface area contributed by atoms with E-state index < -0.39 is 11.3 Å². The highest BCUT2D eigenvalue weighted by molar-refractivity contribution is 5.75. The lowest BCUT2D eigenvalue weighted by atomic mass is 10.0. The summed E-state index contributed by atoms with van der Waals surface area (Å²) in [6.45, 7) is 4.15. The van der Waals surface area contributed by atoms with Crippen molar-refractivity contribution in [3.05, 3.63) is 51.9 Å². The van der Waals surface area contributed by atoms with Crippen LogP contribution in [0, 0.1) is 0 Å². The SMILES string of the molecule is CC(C)c1ccc(-n2nc(C=O)c(O)cc2=O)cc1. The number of aromatic hydroxyl groups is 1. The normalized spacial score (nSPS) is 10.7. The van der Waals surface area contributed by atoms with Crippen LogP contribution in [0.2, 0.25) is 0 Å². The van der Waals surface area contributed by atoms with Gasteiger partial charge in [0.05, 0.1) is 5.69 Å². The van der Waals surface area contributed by atoms with Gasteiger partial charge in [-0.1, -0.05) is 26.0 Å². The minimum Gasteiger partial charge on any atom is -0.505 e. The Morgan fingerprint density at radius 1 is 1.26 bits per heavy atom. The average molecular weight is 258 g/mol. The number of aromatic nitrogens is 2. The molecule has 0 aliphatic rings. The molecule has 1 N–H and O–H groups in total. The largest absolute Gasteiger partial charge is 0.505 e. The molecule has 98 valence electrons. The van der Waals surface area contributed by atoms with Crippen molar-refractivity contribution in [1.29, 1.82) is 0 Å². The molecule has 1 aromatic heterocycles. The first-order chi connectivity index (χ1) is 9.02. The summed E-state index contributed by atoms with van der Waals surface area (Å²) >= 11 is 0. The molecular weight excluding hydrogens is 244 g/mol. The van der Waals surface area contributed by atoms with E-state index in [0.29, 0.717) is 17.9 Å². The lowest BCUT2D eigenvalue weighted by Gasteiger charge is -2.08. The zero-order valence-corrected chi connectivity index (χ0v) is 10.7. The van der Waals surface area contributed by atoms with Crippen molar-refractivity contribution in [3.63, 3.8) is 0 Å². The molecule has 0 aliphatic carbocycles. The van der Waals surface area contributed by atoms with E-state index in [9.17, 15) is 14.7 Å². The maximum atomic E-state index is 11.8. The molecule has 0 fully saturated rings. The second kappa shape index (κ2) is 5.06. The molecule has 5 heteroatoms. The minimum atomic E-state index is -0.486. The first-order valence-electron chi connectivity index (χ1n) is 5.92. The zero-order chi connectivity index (χ0) is 14.0. The van der Waals surface area contributed by atoms with Crippen molar-refractivity contribution >= 4 is 6.29 Å². The number of hydrogen-bond donors (Lipinski definition) is 1. The Kier molecular flexibility index (Phi) is 3.46. The maximum Gasteiger partial charge on any atom is 0.275 e. The average Bonchev–Trinajstić information content (AvgIpc) is 2.39. The summed E-state index contributed by atoms with van der Waals surface area (Å²) in [4.78, 5) is 22.5. The first-order valence-corrected chi connectivity index (χ1v) is 5.92. The number of nitrogens with zero attached hydrogens (tertiary/aromatic N) is 2. The molecule has 0 amide bonds. The highest BCUT2D eigenvalue weighted by atomic mass is 16.3. The van der Waals surface area contributed by atoms with Gasteiger partial charge in [0, 0.05) is 6.07 Å². The summed E-state index contributed by atoms with van der Waals surface area (Å²) in [6, 6.07) is 8.31. The molecule has 0 radical (unpaired) electrons. The number of carbonyl (C=O) groups excluding carboxylic acids is 1. The standard InChI is InChI=1S/C14H14N2O3/c1-9(2)10-3-5-11(6-4-10)16-14(19)7-13(18)12(8-17)15-16/h3-9,18H,1-2H3. The quantitative estimate of drug-likeness (QED) is 0.853. The van der Waals surface area contributed by atoms with Gasteiger partial charge in [-0.3, -0.25) is 9.59 Å². The van der Waals surface area contributed by atoms with Gasteiger partial charge in [0.15, 0.2) is 17.7 Å². The lowest BCUT2D eigenvalue weighted by molar-refractivity contribution is 0.111. The van der Waals surface area contributed by atoms with Gasteiger partial charge in [0.25, 0.3) is 5.56 Å². The molecule has 19 heavy (non-hydrogen) atoms. The minimum absolute atomic E-state index is 0.160. The summed E-state index contributed by atoms with van der Waals surface area (Å²) in [5, 5.41) is 13.2. The van der Waals surface area contributed by atoms with Crippen molar-refractivity contribution in [1.82, 2.24) is 9.78 Å². The molecule has 1 heterocycles. The molecule has 0 saturated carbocycles. The van der Waals surface area contributed by atoms with Crippen molar-refractivity contribution in [2.24, 2.45) is 0 Å². The fraction of sp³-hybridized carbons (Fsp3) is 0.214. The van der Waals surface area contributed by atoms with Gasteiger partial charge in [0.2, 0.25) is 0 Å². The molecule has 0 atom stereocenters. The molecule has 0 unspecified atom stereocenters. The Balaban J connectivity index is 2.52. The van der Waals surface area contributed by atoms with E-state index >= 15 is 0 Å². The Bertz CT molecular complexity index is 657. The van der Waals surface area contributed by atoms with Crippen LogP contribution in [0.5, 0.6) is 5.75 Å². The topological polar surface area (TPSA) is 72.2 Å². The van der Waals surface area contributed by atoms with Crippen molar-refractivity contribution in [3.8, 4) is 11.4 Å². The van der Waals surface area contributed by atoms with Gasteiger partial charge in [-0.2, -0.15) is 9.78 Å². The Labute approximate surface area is 110 Å². The number of carbonyl (C=O) groups is 1.